The molecule has 0 aliphatic carbocycles. The lowest BCUT2D eigenvalue weighted by Crippen LogP contribution is -2.39. The highest BCUT2D eigenvalue weighted by molar-refractivity contribution is 14.1. The van der Waals surface area contributed by atoms with Crippen molar-refractivity contribution in [1.82, 2.24) is 4.57 Å². The van der Waals surface area contributed by atoms with Crippen LogP contribution in [0.15, 0.2) is 57.5 Å². The Kier molecular flexibility index (Phi) is 7.63. The monoisotopic (exact) mass is 700 g/mol. The largest absolute Gasteiger partial charge is 0.495 e. The van der Waals surface area contributed by atoms with Crippen LogP contribution < -0.4 is 19.6 Å². The number of rotatable bonds is 5. The van der Waals surface area contributed by atoms with Crippen LogP contribution in [0.4, 0.5) is 0 Å². The third kappa shape index (κ3) is 4.74. The second-order valence-corrected chi connectivity index (χ2v) is 11.1. The highest BCUT2D eigenvalue weighted by atomic mass is 127. The third-order valence-corrected chi connectivity index (χ3v) is 8.02. The fraction of sp³-hybridized carbons (Fsp3) is 0.240. The Bertz CT molecular complexity index is 1460. The number of benzene rings is 2. The molecule has 0 spiro atoms. The number of nitrogens with zero attached hydrogens (tertiary/aromatic N) is 2. The molecule has 0 bridgehead atoms. The molecule has 0 saturated carbocycles. The lowest BCUT2D eigenvalue weighted by Gasteiger charge is -2.24. The van der Waals surface area contributed by atoms with Crippen LogP contribution in [0.5, 0.6) is 5.75 Å². The van der Waals surface area contributed by atoms with E-state index in [9.17, 15) is 9.59 Å². The number of thiazole rings is 1. The van der Waals surface area contributed by atoms with Crippen molar-refractivity contribution in [2.75, 3.05) is 13.7 Å². The average molecular weight is 700 g/mol. The molecular formula is C25H22I2N2O4S. The molecule has 0 fully saturated rings. The van der Waals surface area contributed by atoms with Crippen molar-refractivity contribution in [3.63, 3.8) is 0 Å². The maximum Gasteiger partial charge on any atom is 0.338 e. The zero-order valence-electron chi connectivity index (χ0n) is 19.0. The number of allylic oxidation sites excluding steroid dienone is 1. The van der Waals surface area contributed by atoms with E-state index in [0.29, 0.717) is 20.6 Å². The van der Waals surface area contributed by atoms with Crippen LogP contribution in [0.2, 0.25) is 0 Å². The molecule has 3 aromatic rings. The minimum atomic E-state index is -0.603. The first kappa shape index (κ1) is 25.1. The highest BCUT2D eigenvalue weighted by Crippen LogP contribution is 2.31. The maximum atomic E-state index is 13.7. The van der Waals surface area contributed by atoms with E-state index >= 15 is 0 Å². The second kappa shape index (κ2) is 10.3. The van der Waals surface area contributed by atoms with Crippen molar-refractivity contribution >= 4 is 68.6 Å². The van der Waals surface area contributed by atoms with Gasteiger partial charge < -0.3 is 9.47 Å². The molecule has 0 radical (unpaired) electrons. The number of esters is 1. The van der Waals surface area contributed by atoms with Gasteiger partial charge in [-0.1, -0.05) is 41.2 Å². The Morgan fingerprint density at radius 2 is 1.82 bits per heavy atom. The van der Waals surface area contributed by atoms with Gasteiger partial charge in [0.25, 0.3) is 5.56 Å². The molecule has 4 rings (SSSR count). The summed E-state index contributed by atoms with van der Waals surface area (Å²) in [5.74, 6) is 0.358. The van der Waals surface area contributed by atoms with Crippen LogP contribution in [0.25, 0.3) is 6.08 Å². The summed E-state index contributed by atoms with van der Waals surface area (Å²) in [6.07, 6.45) is 1.86. The Hall–Kier alpha value is -1.99. The molecule has 9 heteroatoms. The van der Waals surface area contributed by atoms with Crippen LogP contribution in [-0.2, 0) is 9.53 Å². The van der Waals surface area contributed by atoms with Gasteiger partial charge in [-0.15, -0.1) is 0 Å². The molecule has 1 aromatic heterocycles. The Morgan fingerprint density at radius 3 is 2.41 bits per heavy atom. The zero-order valence-corrected chi connectivity index (χ0v) is 24.1. The number of aromatic nitrogens is 1. The van der Waals surface area contributed by atoms with E-state index in [1.165, 1.54) is 11.3 Å². The fourth-order valence-corrected chi connectivity index (χ4v) is 7.17. The van der Waals surface area contributed by atoms with Gasteiger partial charge in [-0.25, -0.2) is 9.79 Å². The third-order valence-electron chi connectivity index (χ3n) is 5.43. The number of carbonyl (C=O) groups excluding carboxylic acids is 1. The molecular weight excluding hydrogens is 678 g/mol. The van der Waals surface area contributed by atoms with Crippen molar-refractivity contribution in [2.45, 2.75) is 26.8 Å². The number of fused-ring (bicyclic) bond motifs is 1. The van der Waals surface area contributed by atoms with Crippen LogP contribution in [0.3, 0.4) is 0 Å². The molecule has 0 amide bonds. The second-order valence-electron chi connectivity index (χ2n) is 7.73. The number of aryl methyl sites for hydroxylation is 1. The van der Waals surface area contributed by atoms with Crippen molar-refractivity contribution in [2.24, 2.45) is 4.99 Å². The van der Waals surface area contributed by atoms with Gasteiger partial charge in [0.05, 0.1) is 42.7 Å². The normalized spacial score (nSPS) is 15.7. The number of halogens is 2. The molecule has 0 unspecified atom stereocenters. The van der Waals surface area contributed by atoms with Crippen molar-refractivity contribution in [3.05, 3.63) is 91.2 Å². The van der Waals surface area contributed by atoms with Gasteiger partial charge in [0.1, 0.15) is 5.75 Å². The van der Waals surface area contributed by atoms with E-state index in [1.807, 2.05) is 49.4 Å². The minimum absolute atomic E-state index is 0.190. The van der Waals surface area contributed by atoms with E-state index in [4.69, 9.17) is 9.47 Å². The summed E-state index contributed by atoms with van der Waals surface area (Å²) in [6.45, 7) is 5.80. The van der Waals surface area contributed by atoms with Crippen LogP contribution in [-0.4, -0.2) is 24.3 Å². The number of methoxy groups -OCH3 is 1. The summed E-state index contributed by atoms with van der Waals surface area (Å²) in [7, 11) is 1.64. The van der Waals surface area contributed by atoms with Gasteiger partial charge in [0.15, 0.2) is 4.80 Å². The molecule has 2 aromatic carbocycles. The van der Waals surface area contributed by atoms with E-state index in [0.717, 1.165) is 29.6 Å². The topological polar surface area (TPSA) is 69.9 Å². The molecule has 34 heavy (non-hydrogen) atoms. The van der Waals surface area contributed by atoms with Crippen molar-refractivity contribution in [3.8, 4) is 5.75 Å². The number of carbonyl (C=O) groups is 1. The van der Waals surface area contributed by atoms with E-state index in [1.54, 1.807) is 25.5 Å². The fourth-order valence-electron chi connectivity index (χ4n) is 3.86. The summed E-state index contributed by atoms with van der Waals surface area (Å²) in [5.41, 5.74) is 3.59. The molecule has 1 aliphatic rings. The lowest BCUT2D eigenvalue weighted by molar-refractivity contribution is -0.139. The van der Waals surface area contributed by atoms with Gasteiger partial charge in [-0.3, -0.25) is 9.36 Å². The van der Waals surface area contributed by atoms with E-state index in [-0.39, 0.29) is 12.2 Å². The number of ether oxygens (including phenoxy) is 2. The Labute approximate surface area is 228 Å². The predicted octanol–water partition coefficient (Wildman–Crippen LogP) is 4.32. The number of hydrogen-bond acceptors (Lipinski definition) is 6. The van der Waals surface area contributed by atoms with Gasteiger partial charge in [-0.05, 0) is 95.3 Å². The smallest absolute Gasteiger partial charge is 0.338 e. The molecule has 0 N–H and O–H groups in total. The zero-order chi connectivity index (χ0) is 24.6. The molecule has 1 aliphatic heterocycles. The predicted molar refractivity (Wildman–Crippen MR) is 150 cm³/mol. The SMILES string of the molecule is CCOC(=O)C1=C(C)N=c2s/c(=C\c3cc(I)c(OC)c(I)c3)c(=O)n2[C@@H]1c1ccc(C)cc1. The summed E-state index contributed by atoms with van der Waals surface area (Å²) >= 11 is 5.77. The van der Waals surface area contributed by atoms with Crippen LogP contribution in [0.1, 0.15) is 36.6 Å². The van der Waals surface area contributed by atoms with Crippen LogP contribution >= 0.6 is 56.5 Å². The summed E-state index contributed by atoms with van der Waals surface area (Å²) in [5, 5.41) is 0. The van der Waals surface area contributed by atoms with Gasteiger partial charge in [0.2, 0.25) is 0 Å². The summed E-state index contributed by atoms with van der Waals surface area (Å²) < 4.78 is 14.9. The molecule has 176 valence electrons. The standard InChI is InChI=1S/C25H22I2N2O4S/c1-5-33-24(31)20-14(3)28-25-29(21(20)16-8-6-13(2)7-9-16)23(30)19(34-25)12-15-10-17(26)22(32-4)18(27)11-15/h6-12,21H,5H2,1-4H3/b19-12-/t21-/m1/s1. The molecule has 0 saturated heterocycles. The van der Waals surface area contributed by atoms with Crippen LogP contribution in [0, 0.1) is 14.1 Å². The molecule has 1 atom stereocenters. The number of hydrogen-bond donors (Lipinski definition) is 0. The van der Waals surface area contributed by atoms with Gasteiger partial charge in [-0.2, -0.15) is 0 Å². The lowest BCUT2D eigenvalue weighted by atomic mass is 9.95. The van der Waals surface area contributed by atoms with Crippen molar-refractivity contribution in [1.29, 1.82) is 0 Å². The van der Waals surface area contributed by atoms with Crippen molar-refractivity contribution < 1.29 is 14.3 Å². The van der Waals surface area contributed by atoms with Gasteiger partial charge in [0, 0.05) is 0 Å². The Morgan fingerprint density at radius 1 is 1.18 bits per heavy atom. The van der Waals surface area contributed by atoms with E-state index < -0.39 is 12.0 Å². The molecule has 6 nitrogen and oxygen atoms in total. The average Bonchev–Trinajstić information content (AvgIpc) is 3.08. The highest BCUT2D eigenvalue weighted by Gasteiger charge is 2.33. The molecule has 2 heterocycles. The van der Waals surface area contributed by atoms with E-state index in [2.05, 4.69) is 50.2 Å². The minimum Gasteiger partial charge on any atom is -0.495 e. The summed E-state index contributed by atoms with van der Waals surface area (Å²) in [4.78, 5) is 31.8. The van der Waals surface area contributed by atoms with Gasteiger partial charge >= 0.3 is 5.97 Å². The first-order chi connectivity index (χ1) is 16.2. The summed E-state index contributed by atoms with van der Waals surface area (Å²) in [6, 6.07) is 11.2. The quantitative estimate of drug-likeness (QED) is 0.294. The Balaban J connectivity index is 1.94. The first-order valence-electron chi connectivity index (χ1n) is 10.5. The first-order valence-corrected chi connectivity index (χ1v) is 13.5. The maximum absolute atomic E-state index is 13.7.